The van der Waals surface area contributed by atoms with Crippen molar-refractivity contribution >= 4 is 56.9 Å². The van der Waals surface area contributed by atoms with E-state index < -0.39 is 47.8 Å². The number of nitrogens with two attached hydrogens (primary N) is 5. The number of carbonyl (C=O) groups excluding carboxylic acids is 5. The molecule has 0 aliphatic rings. The molecule has 15 nitrogen and oxygen atoms in total. The number of aliphatic imine (C=N–C) groups is 1. The molecule has 1 aromatic heterocycles. The predicted octanol–water partition coefficient (Wildman–Crippen LogP) is -1.27. The molecule has 0 spiro atoms. The largest absolute Gasteiger partial charge is 0.370 e. The SMILES string of the molecule is C[C@H](NC(=O)[C@H](CCC(N)=O)NC(=O)[C@@H](N)CCCN=C(N)N)C(=O)N[C@@H](CCCCN)C(=O)c1nc2ccccc2s1. The highest BCUT2D eigenvalue weighted by molar-refractivity contribution is 7.20. The van der Waals surface area contributed by atoms with Crippen LogP contribution in [0.25, 0.3) is 10.2 Å². The highest BCUT2D eigenvalue weighted by Crippen LogP contribution is 2.23. The van der Waals surface area contributed by atoms with Gasteiger partial charge in [-0.05, 0) is 64.1 Å². The average molecular weight is 619 g/mol. The Morgan fingerprint density at radius 3 is 2.23 bits per heavy atom. The minimum Gasteiger partial charge on any atom is -0.370 e. The third kappa shape index (κ3) is 11.9. The van der Waals surface area contributed by atoms with Gasteiger partial charge >= 0.3 is 0 Å². The number of thiazole rings is 1. The Bertz CT molecular complexity index is 1260. The van der Waals surface area contributed by atoms with Crippen molar-refractivity contribution < 1.29 is 24.0 Å². The van der Waals surface area contributed by atoms with Crippen molar-refractivity contribution in [3.8, 4) is 0 Å². The zero-order chi connectivity index (χ0) is 31.9. The summed E-state index contributed by atoms with van der Waals surface area (Å²) in [4.78, 5) is 71.8. The van der Waals surface area contributed by atoms with Crippen molar-refractivity contribution in [3.63, 3.8) is 0 Å². The van der Waals surface area contributed by atoms with E-state index in [1.54, 1.807) is 6.07 Å². The lowest BCUT2D eigenvalue weighted by molar-refractivity contribution is -0.132. The van der Waals surface area contributed by atoms with Crippen molar-refractivity contribution in [2.45, 2.75) is 76.0 Å². The van der Waals surface area contributed by atoms with Crippen LogP contribution in [0.4, 0.5) is 0 Å². The van der Waals surface area contributed by atoms with Crippen LogP contribution in [0, 0.1) is 0 Å². The molecule has 0 aliphatic carbocycles. The summed E-state index contributed by atoms with van der Waals surface area (Å²) in [6.45, 7) is 2.14. The summed E-state index contributed by atoms with van der Waals surface area (Å²) in [5.74, 6) is -3.06. The molecule has 16 heteroatoms. The van der Waals surface area contributed by atoms with Gasteiger partial charge in [0.2, 0.25) is 29.4 Å². The number of ketones is 1. The summed E-state index contributed by atoms with van der Waals surface area (Å²) >= 11 is 1.23. The molecule has 4 atom stereocenters. The quantitative estimate of drug-likeness (QED) is 0.0400. The number of benzene rings is 1. The fourth-order valence-corrected chi connectivity index (χ4v) is 5.01. The van der Waals surface area contributed by atoms with Gasteiger partial charge in [0, 0.05) is 13.0 Å². The van der Waals surface area contributed by atoms with E-state index in [-0.39, 0.29) is 42.6 Å². The summed E-state index contributed by atoms with van der Waals surface area (Å²) < 4.78 is 0.844. The van der Waals surface area contributed by atoms with Gasteiger partial charge in [0.05, 0.1) is 22.3 Å². The van der Waals surface area contributed by atoms with Crippen molar-refractivity contribution in [2.24, 2.45) is 33.7 Å². The van der Waals surface area contributed by atoms with Crippen molar-refractivity contribution in [1.29, 1.82) is 0 Å². The van der Waals surface area contributed by atoms with Gasteiger partial charge in [-0.1, -0.05) is 12.1 Å². The third-order valence-corrected chi connectivity index (χ3v) is 7.50. The molecule has 0 aliphatic heterocycles. The third-order valence-electron chi connectivity index (χ3n) is 6.45. The number of nitrogens with zero attached hydrogens (tertiary/aromatic N) is 2. The van der Waals surface area contributed by atoms with Crippen LogP contribution in [0.3, 0.4) is 0 Å². The molecule has 2 rings (SSSR count). The fourth-order valence-electron chi connectivity index (χ4n) is 4.05. The maximum atomic E-state index is 13.4. The van der Waals surface area contributed by atoms with E-state index in [4.69, 9.17) is 28.7 Å². The molecular weight excluding hydrogens is 576 g/mol. The molecule has 0 saturated carbocycles. The number of carbonyl (C=O) groups is 5. The first kappa shape index (κ1) is 35.0. The zero-order valence-corrected chi connectivity index (χ0v) is 25.0. The number of Topliss-reactive ketones (excluding diaryl/α,β-unsaturated/α-hetero) is 1. The van der Waals surface area contributed by atoms with Crippen LogP contribution in [0.2, 0.25) is 0 Å². The van der Waals surface area contributed by atoms with Gasteiger partial charge in [-0.2, -0.15) is 0 Å². The van der Waals surface area contributed by atoms with E-state index in [1.807, 2.05) is 18.2 Å². The molecule has 13 N–H and O–H groups in total. The van der Waals surface area contributed by atoms with Crippen LogP contribution in [0.1, 0.15) is 61.7 Å². The Kier molecular flexibility index (Phi) is 14.4. The maximum absolute atomic E-state index is 13.4. The van der Waals surface area contributed by atoms with Crippen LogP contribution < -0.4 is 44.6 Å². The Balaban J connectivity index is 2.06. The molecular formula is C27H42N10O5S. The number of primary amides is 1. The molecule has 2 aromatic rings. The molecule has 4 amide bonds. The lowest BCUT2D eigenvalue weighted by Crippen LogP contribution is -2.56. The highest BCUT2D eigenvalue weighted by atomic mass is 32.1. The van der Waals surface area contributed by atoms with Gasteiger partial charge in [-0.15, -0.1) is 11.3 Å². The minimum atomic E-state index is -1.19. The van der Waals surface area contributed by atoms with Gasteiger partial charge in [0.1, 0.15) is 12.1 Å². The van der Waals surface area contributed by atoms with E-state index in [1.165, 1.54) is 18.3 Å². The first-order chi connectivity index (χ1) is 20.4. The Morgan fingerprint density at radius 2 is 1.58 bits per heavy atom. The van der Waals surface area contributed by atoms with Crippen molar-refractivity contribution in [2.75, 3.05) is 13.1 Å². The number of aromatic nitrogens is 1. The Morgan fingerprint density at radius 1 is 0.884 bits per heavy atom. The molecule has 43 heavy (non-hydrogen) atoms. The molecule has 1 heterocycles. The number of amides is 4. The molecule has 0 bridgehead atoms. The van der Waals surface area contributed by atoms with E-state index >= 15 is 0 Å². The van der Waals surface area contributed by atoms with Gasteiger partial charge in [-0.25, -0.2) is 4.98 Å². The van der Waals surface area contributed by atoms with Gasteiger partial charge < -0.3 is 44.6 Å². The molecule has 0 saturated heterocycles. The van der Waals surface area contributed by atoms with E-state index in [0.29, 0.717) is 37.7 Å². The average Bonchev–Trinajstić information content (AvgIpc) is 3.40. The monoisotopic (exact) mass is 618 g/mol. The first-order valence-electron chi connectivity index (χ1n) is 14.0. The second-order valence-electron chi connectivity index (χ2n) is 10.0. The van der Waals surface area contributed by atoms with Crippen molar-refractivity contribution in [1.82, 2.24) is 20.9 Å². The highest BCUT2D eigenvalue weighted by Gasteiger charge is 2.30. The number of hydrogen-bond donors (Lipinski definition) is 8. The molecule has 236 valence electrons. The zero-order valence-electron chi connectivity index (χ0n) is 24.2. The second kappa shape index (κ2) is 17.7. The van der Waals surface area contributed by atoms with Gasteiger partial charge in [-0.3, -0.25) is 29.0 Å². The summed E-state index contributed by atoms with van der Waals surface area (Å²) in [6.07, 6.45) is 1.93. The number of para-hydroxylation sites is 1. The predicted molar refractivity (Wildman–Crippen MR) is 165 cm³/mol. The molecule has 0 unspecified atom stereocenters. The number of nitrogens with one attached hydrogen (secondary N) is 3. The van der Waals surface area contributed by atoms with Crippen LogP contribution >= 0.6 is 11.3 Å². The smallest absolute Gasteiger partial charge is 0.243 e. The number of fused-ring (bicyclic) bond motifs is 1. The number of unbranched alkanes of at least 4 members (excludes halogenated alkanes) is 1. The van der Waals surface area contributed by atoms with Crippen LogP contribution in [-0.4, -0.2) is 77.6 Å². The first-order valence-corrected chi connectivity index (χ1v) is 14.8. The minimum absolute atomic E-state index is 0.0811. The maximum Gasteiger partial charge on any atom is 0.243 e. The second-order valence-corrected chi connectivity index (χ2v) is 11.1. The van der Waals surface area contributed by atoms with E-state index in [9.17, 15) is 24.0 Å². The Hall–Kier alpha value is -4.15. The van der Waals surface area contributed by atoms with Gasteiger partial charge in [0.25, 0.3) is 0 Å². The standard InChI is InChI=1S/C27H42N10O5S/c1-15(34-25(42)19(11-12-21(30)38)36-24(41)16(29)7-6-14-33-27(31)32)23(40)35-18(9-4-5-13-28)22(39)26-37-17-8-2-3-10-20(17)43-26/h2-3,8,10,15-16,18-19H,4-7,9,11-14,28-29H2,1H3,(H2,30,38)(H,34,42)(H,35,40)(H,36,41)(H4,31,32,33)/t15-,16-,18-,19-/m0/s1. The fraction of sp³-hybridized carbons (Fsp3) is 0.519. The molecule has 0 fully saturated rings. The van der Waals surface area contributed by atoms with Crippen LogP contribution in [0.5, 0.6) is 0 Å². The summed E-state index contributed by atoms with van der Waals surface area (Å²) in [5, 5.41) is 8.04. The lowest BCUT2D eigenvalue weighted by atomic mass is 10.0. The number of guanidine groups is 1. The summed E-state index contributed by atoms with van der Waals surface area (Å²) in [7, 11) is 0. The van der Waals surface area contributed by atoms with Gasteiger partial charge in [0.15, 0.2) is 11.0 Å². The summed E-state index contributed by atoms with van der Waals surface area (Å²) in [6, 6.07) is 3.19. The number of hydrogen-bond acceptors (Lipinski definition) is 10. The van der Waals surface area contributed by atoms with Crippen LogP contribution in [-0.2, 0) is 19.2 Å². The Labute approximate surface area is 253 Å². The van der Waals surface area contributed by atoms with E-state index in [2.05, 4.69) is 25.9 Å². The molecule has 0 radical (unpaired) electrons. The van der Waals surface area contributed by atoms with Crippen LogP contribution in [0.15, 0.2) is 29.3 Å². The van der Waals surface area contributed by atoms with Crippen molar-refractivity contribution in [3.05, 3.63) is 29.3 Å². The normalized spacial score (nSPS) is 13.7. The topological polar surface area (TPSA) is 277 Å². The number of rotatable bonds is 19. The molecule has 1 aromatic carbocycles. The van der Waals surface area contributed by atoms with E-state index in [0.717, 1.165) is 4.70 Å². The lowest BCUT2D eigenvalue weighted by Gasteiger charge is -2.24. The summed E-state index contributed by atoms with van der Waals surface area (Å²) in [5.41, 5.74) is 28.0.